The second-order valence-corrected chi connectivity index (χ2v) is 13.0. The van der Waals surface area contributed by atoms with Crippen LogP contribution in [0, 0.1) is 0 Å². The van der Waals surface area contributed by atoms with E-state index < -0.39 is 91.6 Å². The van der Waals surface area contributed by atoms with E-state index in [1.54, 1.807) is 0 Å². The van der Waals surface area contributed by atoms with Crippen molar-refractivity contribution >= 4 is 72.3 Å². The summed E-state index contributed by atoms with van der Waals surface area (Å²) in [6.07, 6.45) is 0. The van der Waals surface area contributed by atoms with Gasteiger partial charge in [-0.2, -0.15) is 0 Å². The van der Waals surface area contributed by atoms with E-state index in [1.807, 2.05) is 0 Å². The molecular weight excluding hydrogens is 772 g/mol. The van der Waals surface area contributed by atoms with Crippen LogP contribution in [-0.4, -0.2) is 66.1 Å². The van der Waals surface area contributed by atoms with Crippen LogP contribution >= 0.6 is 31.9 Å². The molecule has 24 heteroatoms. The Morgan fingerprint density at radius 1 is 0.553 bits per heavy atom. The normalized spacial score (nSPS) is 11.7. The summed E-state index contributed by atoms with van der Waals surface area (Å²) in [7, 11) is -22.0. The quantitative estimate of drug-likeness (QED) is 0.187. The van der Waals surface area contributed by atoms with Crippen LogP contribution in [0.1, 0.15) is 0 Å². The van der Waals surface area contributed by atoms with Crippen LogP contribution < -0.4 is 128 Å². The van der Waals surface area contributed by atoms with Crippen LogP contribution in [-0.2, 0) is 40.5 Å². The Balaban J connectivity index is -0.00000306. The second-order valence-electron chi connectivity index (χ2n) is 6.00. The third-order valence-electron chi connectivity index (χ3n) is 4.01. The van der Waals surface area contributed by atoms with E-state index in [1.165, 1.54) is 0 Å². The number of halogens is 2. The maximum atomic E-state index is 12.1. The van der Waals surface area contributed by atoms with E-state index >= 15 is 0 Å². The van der Waals surface area contributed by atoms with Gasteiger partial charge in [0.05, 0.1) is 33.0 Å². The topological polar surface area (TPSA) is 247 Å². The van der Waals surface area contributed by atoms with Gasteiger partial charge in [-0.3, -0.25) is 0 Å². The zero-order valence-corrected chi connectivity index (χ0v) is 34.7. The van der Waals surface area contributed by atoms with Gasteiger partial charge in [-0.25, -0.2) is 33.7 Å². The van der Waals surface area contributed by atoms with Crippen molar-refractivity contribution in [3.05, 3.63) is 21.1 Å². The molecule has 2 aromatic carbocycles. The number of rotatable bonds is 7. The molecule has 0 fully saturated rings. The van der Waals surface area contributed by atoms with Crippen molar-refractivity contribution < 1.29 is 180 Å². The van der Waals surface area contributed by atoms with Gasteiger partial charge in [-0.1, -0.05) is 0 Å². The standard InChI is InChI=1S/C14H12Br2O14S4.4Na/c1-29-11-5(15)3-7(31(17,18)19)9(13(11)33(23,24)25)10-8(32(20,21)22)4-6(16)12(30-2)14(10)34(26,27)28;;;;/h3-4H,1-2H3,(H,17,18,19)(H,20,21,22)(H,23,24,25)(H,26,27,28);;;;/q;4*+1/p-4. The molecule has 0 aliphatic rings. The van der Waals surface area contributed by atoms with Gasteiger partial charge in [-0.05, 0) is 44.0 Å². The summed E-state index contributed by atoms with van der Waals surface area (Å²) in [5, 5.41) is 0. The molecule has 0 unspecified atom stereocenters. The summed E-state index contributed by atoms with van der Waals surface area (Å²) in [4.78, 5) is -6.85. The predicted octanol–water partition coefficient (Wildman–Crippen LogP) is -11.5. The summed E-state index contributed by atoms with van der Waals surface area (Å²) in [5.74, 6) is -1.99. The van der Waals surface area contributed by atoms with Gasteiger partial charge >= 0.3 is 118 Å². The van der Waals surface area contributed by atoms with Crippen molar-refractivity contribution in [1.29, 1.82) is 0 Å². The largest absolute Gasteiger partial charge is 1.00 e. The molecule has 0 saturated carbocycles. The fourth-order valence-electron chi connectivity index (χ4n) is 2.90. The average Bonchev–Trinajstić information content (AvgIpc) is 2.63. The van der Waals surface area contributed by atoms with Crippen molar-refractivity contribution in [3.63, 3.8) is 0 Å². The molecule has 2 aromatic rings. The molecule has 0 bridgehead atoms. The molecule has 0 atom stereocenters. The van der Waals surface area contributed by atoms with Gasteiger partial charge in [0, 0.05) is 11.1 Å². The van der Waals surface area contributed by atoms with E-state index in [-0.39, 0.29) is 118 Å². The Bertz CT molecular complexity index is 1520. The SMILES string of the molecule is COc1c(Br)cc(S(=O)(=O)[O-])c(-c2c(S(=O)(=O)[O-])cc(Br)c(OC)c2S(=O)(=O)[O-])c1S(=O)(=O)[O-].[Na+].[Na+].[Na+].[Na+]. The molecule has 0 aliphatic heterocycles. The fourth-order valence-corrected chi connectivity index (χ4v) is 7.97. The van der Waals surface area contributed by atoms with Gasteiger partial charge in [0.2, 0.25) is 0 Å². The molecule has 0 amide bonds. The van der Waals surface area contributed by atoms with Crippen LogP contribution in [0.5, 0.6) is 11.5 Å². The van der Waals surface area contributed by atoms with E-state index in [2.05, 4.69) is 31.9 Å². The number of methoxy groups -OCH3 is 2. The van der Waals surface area contributed by atoms with Crippen LogP contribution in [0.2, 0.25) is 0 Å². The second kappa shape index (κ2) is 16.1. The Kier molecular flexibility index (Phi) is 19.1. The van der Waals surface area contributed by atoms with Gasteiger partial charge in [0.1, 0.15) is 50.3 Å². The summed E-state index contributed by atoms with van der Waals surface area (Å²) < 4.78 is 153. The van der Waals surface area contributed by atoms with Gasteiger partial charge in [0.25, 0.3) is 0 Å². The van der Waals surface area contributed by atoms with Crippen LogP contribution in [0.3, 0.4) is 0 Å². The van der Waals surface area contributed by atoms with E-state index in [4.69, 9.17) is 9.47 Å². The van der Waals surface area contributed by atoms with Gasteiger partial charge < -0.3 is 27.7 Å². The number of benzene rings is 2. The van der Waals surface area contributed by atoms with Crippen molar-refractivity contribution in [2.75, 3.05) is 14.2 Å². The van der Waals surface area contributed by atoms with E-state index in [0.29, 0.717) is 12.1 Å². The molecule has 2 rings (SSSR count). The number of hydrogen-bond acceptors (Lipinski definition) is 14. The first-order valence-electron chi connectivity index (χ1n) is 7.82. The van der Waals surface area contributed by atoms with Crippen molar-refractivity contribution in [1.82, 2.24) is 0 Å². The third-order valence-corrected chi connectivity index (χ3v) is 8.68. The molecule has 38 heavy (non-hydrogen) atoms. The monoisotopic (exact) mass is 778 g/mol. The van der Waals surface area contributed by atoms with Crippen LogP contribution in [0.4, 0.5) is 0 Å². The van der Waals surface area contributed by atoms with E-state index in [0.717, 1.165) is 14.2 Å². The zero-order valence-electron chi connectivity index (χ0n) is 20.3. The minimum Gasteiger partial charge on any atom is -0.744 e. The van der Waals surface area contributed by atoms with Gasteiger partial charge in [-0.15, -0.1) is 0 Å². The summed E-state index contributed by atoms with van der Waals surface area (Å²) in [6.45, 7) is 0. The Hall–Kier alpha value is 2.64. The van der Waals surface area contributed by atoms with Gasteiger partial charge in [0.15, 0.2) is 11.5 Å². The Labute approximate surface area is 323 Å². The number of hydrogen-bond donors (Lipinski definition) is 0. The van der Waals surface area contributed by atoms with Crippen molar-refractivity contribution in [3.8, 4) is 22.6 Å². The summed E-state index contributed by atoms with van der Waals surface area (Å²) in [5.41, 5.74) is -3.39. The van der Waals surface area contributed by atoms with E-state index in [9.17, 15) is 51.9 Å². The molecule has 190 valence electrons. The van der Waals surface area contributed by atoms with Crippen molar-refractivity contribution in [2.45, 2.75) is 19.6 Å². The first-order chi connectivity index (χ1) is 15.2. The number of ether oxygens (including phenoxy) is 2. The maximum Gasteiger partial charge on any atom is 1.00 e. The maximum absolute atomic E-state index is 12.1. The third kappa shape index (κ3) is 9.83. The molecular formula is C14H8Br2Na4O14S4. The molecule has 0 N–H and O–H groups in total. The molecule has 0 spiro atoms. The van der Waals surface area contributed by atoms with Crippen molar-refractivity contribution in [2.24, 2.45) is 0 Å². The molecule has 0 saturated heterocycles. The zero-order chi connectivity index (χ0) is 26.6. The first kappa shape index (κ1) is 45.1. The smallest absolute Gasteiger partial charge is 0.744 e. The first-order valence-corrected chi connectivity index (χ1v) is 15.0. The molecule has 0 radical (unpaired) electrons. The summed E-state index contributed by atoms with van der Waals surface area (Å²) in [6, 6.07) is 0.726. The van der Waals surface area contributed by atoms with Crippen LogP contribution in [0.25, 0.3) is 11.1 Å². The molecule has 14 nitrogen and oxygen atoms in total. The fraction of sp³-hybridized carbons (Fsp3) is 0.143. The minimum atomic E-state index is -5.94. The molecule has 0 heterocycles. The minimum absolute atomic E-state index is 0. The summed E-state index contributed by atoms with van der Waals surface area (Å²) >= 11 is 5.36. The molecule has 0 aliphatic carbocycles. The molecule has 0 aromatic heterocycles. The Morgan fingerprint density at radius 2 is 0.789 bits per heavy atom. The average molecular weight is 780 g/mol. The Morgan fingerprint density at radius 3 is 0.947 bits per heavy atom. The predicted molar refractivity (Wildman–Crippen MR) is 112 cm³/mol. The van der Waals surface area contributed by atoms with Crippen LogP contribution in [0.15, 0.2) is 40.7 Å².